The van der Waals surface area contributed by atoms with Gasteiger partial charge in [0.1, 0.15) is 10.7 Å². The normalized spacial score (nSPS) is 16.9. The van der Waals surface area contributed by atoms with Gasteiger partial charge in [-0.15, -0.1) is 0 Å². The van der Waals surface area contributed by atoms with Crippen molar-refractivity contribution in [3.8, 4) is 0 Å². The number of esters is 1. The first kappa shape index (κ1) is 18.4. The van der Waals surface area contributed by atoms with Gasteiger partial charge in [0.25, 0.3) is 0 Å². The minimum Gasteiger partial charge on any atom is -0.468 e. The van der Waals surface area contributed by atoms with Crippen LogP contribution in [0.15, 0.2) is 29.3 Å². The van der Waals surface area contributed by atoms with Gasteiger partial charge in [0.15, 0.2) is 0 Å². The highest BCUT2D eigenvalue weighted by Crippen LogP contribution is 2.34. The van der Waals surface area contributed by atoms with E-state index in [0.29, 0.717) is 28.6 Å². The zero-order valence-corrected chi connectivity index (χ0v) is 15.7. The second-order valence-electron chi connectivity index (χ2n) is 5.99. The van der Waals surface area contributed by atoms with E-state index in [0.717, 1.165) is 12.8 Å². The fourth-order valence-electron chi connectivity index (χ4n) is 3.16. The van der Waals surface area contributed by atoms with Crippen LogP contribution in [-0.2, 0) is 19.6 Å². The third-order valence-electron chi connectivity index (χ3n) is 4.44. The molecule has 1 aromatic heterocycles. The number of carbonyl (C=O) groups is 1. The molecule has 0 unspecified atom stereocenters. The number of methoxy groups -OCH3 is 1. The molecule has 0 bridgehead atoms. The number of nitrogens with zero attached hydrogens (tertiary/aromatic N) is 1. The van der Waals surface area contributed by atoms with Crippen LogP contribution in [0.25, 0.3) is 10.8 Å². The number of nitrogens with one attached hydrogen (secondary N) is 1. The highest BCUT2D eigenvalue weighted by atomic mass is 35.5. The molecule has 9 heteroatoms. The van der Waals surface area contributed by atoms with Crippen LogP contribution in [0.4, 0.5) is 0 Å². The molecule has 1 fully saturated rings. The maximum Gasteiger partial charge on any atom is 0.327 e. The first-order valence-electron chi connectivity index (χ1n) is 7.65. The molecule has 0 radical (unpaired) electrons. The van der Waals surface area contributed by atoms with E-state index < -0.39 is 21.5 Å². The van der Waals surface area contributed by atoms with Gasteiger partial charge in [-0.1, -0.05) is 42.1 Å². The fourth-order valence-corrected chi connectivity index (χ4v) is 5.02. The van der Waals surface area contributed by atoms with Gasteiger partial charge in [0.05, 0.1) is 17.0 Å². The van der Waals surface area contributed by atoms with Crippen molar-refractivity contribution in [1.29, 1.82) is 0 Å². The molecular formula is C16H16Cl2N2O4S. The molecule has 0 amide bonds. The minimum absolute atomic E-state index is 0.0128. The lowest BCUT2D eigenvalue weighted by Crippen LogP contribution is -2.52. The maximum atomic E-state index is 12.8. The average molecular weight is 403 g/mol. The Balaban J connectivity index is 2.04. The lowest BCUT2D eigenvalue weighted by atomic mass is 10.00. The Morgan fingerprint density at radius 2 is 1.92 bits per heavy atom. The zero-order chi connectivity index (χ0) is 18.2. The second-order valence-corrected chi connectivity index (χ2v) is 8.44. The Labute approximate surface area is 155 Å². The highest BCUT2D eigenvalue weighted by Gasteiger charge is 2.45. The minimum atomic E-state index is -3.96. The molecular weight excluding hydrogens is 387 g/mol. The highest BCUT2D eigenvalue weighted by molar-refractivity contribution is 7.89. The summed E-state index contributed by atoms with van der Waals surface area (Å²) in [7, 11) is -2.71. The predicted octanol–water partition coefficient (Wildman–Crippen LogP) is 3.31. The smallest absolute Gasteiger partial charge is 0.327 e. The van der Waals surface area contributed by atoms with E-state index in [1.807, 2.05) is 0 Å². The molecule has 134 valence electrons. The fraction of sp³-hybridized carbons (Fsp3) is 0.375. The quantitative estimate of drug-likeness (QED) is 0.626. The number of fused-ring (bicyclic) bond motifs is 1. The van der Waals surface area contributed by atoms with E-state index in [9.17, 15) is 13.2 Å². The van der Waals surface area contributed by atoms with Crippen LogP contribution < -0.4 is 4.72 Å². The van der Waals surface area contributed by atoms with Crippen molar-refractivity contribution >= 4 is 50.0 Å². The van der Waals surface area contributed by atoms with Crippen molar-refractivity contribution in [1.82, 2.24) is 9.71 Å². The van der Waals surface area contributed by atoms with Crippen LogP contribution >= 0.6 is 23.2 Å². The molecule has 3 rings (SSSR count). The molecule has 25 heavy (non-hydrogen) atoms. The molecule has 1 aromatic carbocycles. The SMILES string of the molecule is COC(=O)C1(NS(=O)(=O)c2ccc3c(Cl)cnc(Cl)c3c2)CCCC1. The van der Waals surface area contributed by atoms with Crippen LogP contribution in [0.2, 0.25) is 10.2 Å². The van der Waals surface area contributed by atoms with Crippen LogP contribution in [0.3, 0.4) is 0 Å². The van der Waals surface area contributed by atoms with E-state index in [1.54, 1.807) is 6.07 Å². The predicted molar refractivity (Wildman–Crippen MR) is 95.3 cm³/mol. The van der Waals surface area contributed by atoms with E-state index in [-0.39, 0.29) is 10.0 Å². The molecule has 0 aliphatic heterocycles. The Morgan fingerprint density at radius 3 is 2.56 bits per heavy atom. The van der Waals surface area contributed by atoms with Gasteiger partial charge in [-0.25, -0.2) is 13.4 Å². The van der Waals surface area contributed by atoms with Crippen molar-refractivity contribution in [2.24, 2.45) is 0 Å². The van der Waals surface area contributed by atoms with Gasteiger partial charge in [0, 0.05) is 17.0 Å². The first-order valence-corrected chi connectivity index (χ1v) is 9.89. The molecule has 1 saturated carbocycles. The number of hydrogen-bond donors (Lipinski definition) is 1. The Bertz CT molecular complexity index is 941. The van der Waals surface area contributed by atoms with Crippen LogP contribution in [0.5, 0.6) is 0 Å². The maximum absolute atomic E-state index is 12.8. The van der Waals surface area contributed by atoms with Gasteiger partial charge in [-0.05, 0) is 25.0 Å². The molecule has 1 heterocycles. The van der Waals surface area contributed by atoms with Gasteiger partial charge < -0.3 is 4.74 Å². The number of pyridine rings is 1. The number of benzene rings is 1. The molecule has 0 spiro atoms. The summed E-state index contributed by atoms with van der Waals surface area (Å²) in [6.45, 7) is 0. The number of sulfonamides is 1. The first-order chi connectivity index (χ1) is 11.8. The lowest BCUT2D eigenvalue weighted by Gasteiger charge is -2.26. The summed E-state index contributed by atoms with van der Waals surface area (Å²) in [4.78, 5) is 16.1. The summed E-state index contributed by atoms with van der Waals surface area (Å²) in [6, 6.07) is 4.39. The number of halogens is 2. The monoisotopic (exact) mass is 402 g/mol. The van der Waals surface area contributed by atoms with Gasteiger partial charge in [-0.3, -0.25) is 4.79 Å². The summed E-state index contributed by atoms with van der Waals surface area (Å²) in [5.74, 6) is -0.572. The Morgan fingerprint density at radius 1 is 1.24 bits per heavy atom. The third-order valence-corrected chi connectivity index (χ3v) is 6.57. The van der Waals surface area contributed by atoms with Gasteiger partial charge in [-0.2, -0.15) is 4.72 Å². The number of aromatic nitrogens is 1. The molecule has 1 aliphatic rings. The van der Waals surface area contributed by atoms with Crippen molar-refractivity contribution in [3.05, 3.63) is 34.6 Å². The summed E-state index contributed by atoms with van der Waals surface area (Å²) in [5.41, 5.74) is -1.22. The number of carbonyl (C=O) groups excluding carboxylic acids is 1. The van der Waals surface area contributed by atoms with Crippen molar-refractivity contribution in [2.45, 2.75) is 36.1 Å². The number of rotatable bonds is 4. The number of hydrogen-bond acceptors (Lipinski definition) is 5. The van der Waals surface area contributed by atoms with Crippen molar-refractivity contribution < 1.29 is 17.9 Å². The Kier molecular flexibility index (Phi) is 4.94. The summed E-state index contributed by atoms with van der Waals surface area (Å²) >= 11 is 12.1. The molecule has 0 saturated heterocycles. The van der Waals surface area contributed by atoms with Crippen molar-refractivity contribution in [3.63, 3.8) is 0 Å². The van der Waals surface area contributed by atoms with Gasteiger partial charge >= 0.3 is 5.97 Å². The Hall–Kier alpha value is -1.41. The molecule has 1 N–H and O–H groups in total. The zero-order valence-electron chi connectivity index (χ0n) is 13.4. The molecule has 2 aromatic rings. The standard InChI is InChI=1S/C16H16Cl2N2O4S/c1-24-15(21)16(6-2-3-7-16)20-25(22,23)10-4-5-11-12(8-10)14(18)19-9-13(11)17/h4-5,8-9,20H,2-3,6-7H2,1H3. The van der Waals surface area contributed by atoms with E-state index in [2.05, 4.69) is 9.71 Å². The van der Waals surface area contributed by atoms with Gasteiger partial charge in [0.2, 0.25) is 10.0 Å². The number of ether oxygens (including phenoxy) is 1. The summed E-state index contributed by atoms with van der Waals surface area (Å²) < 4.78 is 33.0. The average Bonchev–Trinajstić information content (AvgIpc) is 3.06. The van der Waals surface area contributed by atoms with E-state index >= 15 is 0 Å². The summed E-state index contributed by atoms with van der Waals surface area (Å²) in [6.07, 6.45) is 3.71. The largest absolute Gasteiger partial charge is 0.468 e. The van der Waals surface area contributed by atoms with Crippen LogP contribution in [-0.4, -0.2) is 32.0 Å². The topological polar surface area (TPSA) is 85.4 Å². The van der Waals surface area contributed by atoms with E-state index in [1.165, 1.54) is 25.4 Å². The van der Waals surface area contributed by atoms with E-state index in [4.69, 9.17) is 27.9 Å². The molecule has 1 aliphatic carbocycles. The molecule has 6 nitrogen and oxygen atoms in total. The molecule has 0 atom stereocenters. The van der Waals surface area contributed by atoms with Crippen LogP contribution in [0, 0.1) is 0 Å². The lowest BCUT2D eigenvalue weighted by molar-refractivity contribution is -0.147. The third kappa shape index (κ3) is 3.33. The van der Waals surface area contributed by atoms with Crippen molar-refractivity contribution in [2.75, 3.05) is 7.11 Å². The summed E-state index contributed by atoms with van der Waals surface area (Å²) in [5, 5.41) is 1.55. The van der Waals surface area contributed by atoms with Crippen LogP contribution in [0.1, 0.15) is 25.7 Å². The second kappa shape index (κ2) is 6.72.